The Labute approximate surface area is 154 Å². The first-order chi connectivity index (χ1) is 12.1. The number of rotatable bonds is 8. The molecule has 0 saturated carbocycles. The summed E-state index contributed by atoms with van der Waals surface area (Å²) >= 11 is 6.04. The van der Waals surface area contributed by atoms with E-state index in [1.165, 1.54) is 22.5 Å². The number of ether oxygens (including phenoxy) is 1. The number of hydrogen-bond acceptors (Lipinski definition) is 3. The van der Waals surface area contributed by atoms with Gasteiger partial charge in [-0.25, -0.2) is 0 Å². The predicted octanol–water partition coefficient (Wildman–Crippen LogP) is -1.31. The highest BCUT2D eigenvalue weighted by Crippen LogP contribution is 2.09. The van der Waals surface area contributed by atoms with Gasteiger partial charge >= 0.3 is 5.97 Å². The van der Waals surface area contributed by atoms with Crippen LogP contribution in [0.15, 0.2) is 24.3 Å². The lowest BCUT2D eigenvalue weighted by Gasteiger charge is -2.29. The molecule has 0 unspecified atom stereocenters. The van der Waals surface area contributed by atoms with Gasteiger partial charge in [0, 0.05) is 23.6 Å². The van der Waals surface area contributed by atoms with Crippen LogP contribution in [0.3, 0.4) is 0 Å². The normalized spacial score (nSPS) is 20.1. The number of esters is 1. The molecule has 1 aromatic carbocycles. The summed E-state index contributed by atoms with van der Waals surface area (Å²) in [5.41, 5.74) is 1.26. The van der Waals surface area contributed by atoms with E-state index in [2.05, 4.69) is 16.1 Å². The van der Waals surface area contributed by atoms with Crippen molar-refractivity contribution in [3.8, 4) is 0 Å². The summed E-state index contributed by atoms with van der Waals surface area (Å²) < 4.78 is 4.57. The standard InChI is InChI=1S/C18H26ClN3O3/c1-25-18(24)6-3-7-20-17(23)14-22-10-8-21(9-11-22)13-15-4-2-5-16(19)12-15/h2,4-5,12H,3,6-11,13-14H2,1H3,(H,20,23)/p+2. The fourth-order valence-corrected chi connectivity index (χ4v) is 3.31. The second-order valence-corrected chi connectivity index (χ2v) is 6.95. The quantitative estimate of drug-likeness (QED) is 0.394. The van der Waals surface area contributed by atoms with E-state index in [4.69, 9.17) is 11.6 Å². The topological polar surface area (TPSA) is 64.3 Å². The molecule has 0 aliphatic carbocycles. The molecule has 0 bridgehead atoms. The monoisotopic (exact) mass is 369 g/mol. The lowest BCUT2D eigenvalue weighted by Crippen LogP contribution is -3.28. The number of carbonyl (C=O) groups is 2. The summed E-state index contributed by atoms with van der Waals surface area (Å²) in [5, 5.41) is 3.66. The minimum Gasteiger partial charge on any atom is -0.469 e. The van der Waals surface area contributed by atoms with Gasteiger partial charge in [0.05, 0.1) is 7.11 Å². The van der Waals surface area contributed by atoms with E-state index in [0.717, 1.165) is 37.7 Å². The molecular weight excluding hydrogens is 342 g/mol. The van der Waals surface area contributed by atoms with Crippen molar-refractivity contribution in [1.82, 2.24) is 5.32 Å². The smallest absolute Gasteiger partial charge is 0.305 e. The van der Waals surface area contributed by atoms with Crippen LogP contribution in [0.4, 0.5) is 0 Å². The van der Waals surface area contributed by atoms with E-state index in [-0.39, 0.29) is 11.9 Å². The Morgan fingerprint density at radius 1 is 1.20 bits per heavy atom. The SMILES string of the molecule is COC(=O)CCCNC(=O)C[NH+]1CC[NH+](Cc2cccc(Cl)c2)CC1. The Bertz CT molecular complexity index is 574. The fourth-order valence-electron chi connectivity index (χ4n) is 3.10. The highest BCUT2D eigenvalue weighted by atomic mass is 35.5. The van der Waals surface area contributed by atoms with Crippen molar-refractivity contribution in [2.45, 2.75) is 19.4 Å². The summed E-state index contributed by atoms with van der Waals surface area (Å²) in [4.78, 5) is 25.8. The van der Waals surface area contributed by atoms with Gasteiger partial charge in [-0.15, -0.1) is 0 Å². The van der Waals surface area contributed by atoms with Crippen LogP contribution < -0.4 is 15.1 Å². The summed E-state index contributed by atoms with van der Waals surface area (Å²) in [6.07, 6.45) is 0.959. The highest BCUT2D eigenvalue weighted by Gasteiger charge is 2.24. The minimum atomic E-state index is -0.237. The van der Waals surface area contributed by atoms with Crippen LogP contribution in [0, 0.1) is 0 Å². The van der Waals surface area contributed by atoms with Crippen LogP contribution in [0.5, 0.6) is 0 Å². The van der Waals surface area contributed by atoms with Gasteiger partial charge in [-0.2, -0.15) is 0 Å². The molecule has 1 aromatic rings. The van der Waals surface area contributed by atoms with Crippen LogP contribution in [0.2, 0.25) is 5.02 Å². The largest absolute Gasteiger partial charge is 0.469 e. The van der Waals surface area contributed by atoms with Gasteiger partial charge in [0.25, 0.3) is 5.91 Å². The van der Waals surface area contributed by atoms with Gasteiger partial charge < -0.3 is 19.9 Å². The van der Waals surface area contributed by atoms with Crippen LogP contribution >= 0.6 is 11.6 Å². The van der Waals surface area contributed by atoms with E-state index in [1.807, 2.05) is 18.2 Å². The molecular formula is C18H28ClN3O3+2. The zero-order valence-corrected chi connectivity index (χ0v) is 15.5. The molecule has 1 aliphatic heterocycles. The lowest BCUT2D eigenvalue weighted by molar-refractivity contribution is -1.02. The first kappa shape index (κ1) is 19.7. The molecule has 0 radical (unpaired) electrons. The molecule has 0 aromatic heterocycles. The summed E-state index contributed by atoms with van der Waals surface area (Å²) in [6.45, 7) is 6.09. The molecule has 1 amide bonds. The third-order valence-corrected chi connectivity index (χ3v) is 4.76. The van der Waals surface area contributed by atoms with Gasteiger partial charge in [0.15, 0.2) is 6.54 Å². The molecule has 3 N–H and O–H groups in total. The maximum Gasteiger partial charge on any atom is 0.305 e. The molecule has 6 nitrogen and oxygen atoms in total. The van der Waals surface area contributed by atoms with Crippen molar-refractivity contribution in [3.63, 3.8) is 0 Å². The van der Waals surface area contributed by atoms with Gasteiger partial charge in [-0.05, 0) is 18.6 Å². The first-order valence-corrected chi connectivity index (χ1v) is 9.19. The third-order valence-electron chi connectivity index (χ3n) is 4.53. The van der Waals surface area contributed by atoms with Crippen LogP contribution in [0.25, 0.3) is 0 Å². The summed E-state index contributed by atoms with van der Waals surface area (Å²) in [6, 6.07) is 8.02. The summed E-state index contributed by atoms with van der Waals surface area (Å²) in [7, 11) is 1.37. The lowest BCUT2D eigenvalue weighted by atomic mass is 10.2. The van der Waals surface area contributed by atoms with Crippen LogP contribution in [-0.4, -0.2) is 58.3 Å². The van der Waals surface area contributed by atoms with Crippen molar-refractivity contribution in [3.05, 3.63) is 34.9 Å². The van der Waals surface area contributed by atoms with Crippen molar-refractivity contribution in [2.24, 2.45) is 0 Å². The number of amides is 1. The molecule has 7 heteroatoms. The van der Waals surface area contributed by atoms with Crippen molar-refractivity contribution in [2.75, 3.05) is 46.4 Å². The Morgan fingerprint density at radius 3 is 2.60 bits per heavy atom. The maximum absolute atomic E-state index is 12.0. The Hall–Kier alpha value is -1.63. The molecule has 0 spiro atoms. The second-order valence-electron chi connectivity index (χ2n) is 6.51. The molecule has 2 rings (SSSR count). The highest BCUT2D eigenvalue weighted by molar-refractivity contribution is 6.30. The predicted molar refractivity (Wildman–Crippen MR) is 95.7 cm³/mol. The molecule has 1 heterocycles. The van der Waals surface area contributed by atoms with Gasteiger partial charge in [-0.3, -0.25) is 9.59 Å². The van der Waals surface area contributed by atoms with Crippen molar-refractivity contribution < 1.29 is 24.1 Å². The second kappa shape index (κ2) is 10.4. The number of hydrogen-bond donors (Lipinski definition) is 3. The molecule has 25 heavy (non-hydrogen) atoms. The van der Waals surface area contributed by atoms with E-state index < -0.39 is 0 Å². The molecule has 1 aliphatic rings. The average Bonchev–Trinajstić information content (AvgIpc) is 2.60. The zero-order chi connectivity index (χ0) is 18.1. The first-order valence-electron chi connectivity index (χ1n) is 8.82. The molecule has 0 atom stereocenters. The number of benzene rings is 1. The number of methoxy groups -OCH3 is 1. The molecule has 138 valence electrons. The number of halogens is 1. The van der Waals surface area contributed by atoms with Gasteiger partial charge in [0.1, 0.15) is 32.7 Å². The van der Waals surface area contributed by atoms with Crippen LogP contribution in [0.1, 0.15) is 18.4 Å². The van der Waals surface area contributed by atoms with Crippen molar-refractivity contribution >= 4 is 23.5 Å². The molecule has 1 saturated heterocycles. The Kier molecular flexibility index (Phi) is 8.18. The maximum atomic E-state index is 12.0. The van der Waals surface area contributed by atoms with Crippen LogP contribution in [-0.2, 0) is 20.9 Å². The van der Waals surface area contributed by atoms with E-state index in [9.17, 15) is 9.59 Å². The van der Waals surface area contributed by atoms with E-state index in [1.54, 1.807) is 0 Å². The zero-order valence-electron chi connectivity index (χ0n) is 14.8. The van der Waals surface area contributed by atoms with Gasteiger partial charge in [0.2, 0.25) is 0 Å². The minimum absolute atomic E-state index is 0.0538. The number of piperazine rings is 1. The number of quaternary nitrogens is 2. The Morgan fingerprint density at radius 2 is 1.92 bits per heavy atom. The van der Waals surface area contributed by atoms with E-state index in [0.29, 0.717) is 25.9 Å². The number of nitrogens with one attached hydrogen (secondary N) is 3. The van der Waals surface area contributed by atoms with Gasteiger partial charge in [-0.1, -0.05) is 23.7 Å². The Balaban J connectivity index is 1.61. The number of carbonyl (C=O) groups excluding carboxylic acids is 2. The van der Waals surface area contributed by atoms with E-state index >= 15 is 0 Å². The fraction of sp³-hybridized carbons (Fsp3) is 0.556. The van der Waals surface area contributed by atoms with Crippen molar-refractivity contribution in [1.29, 1.82) is 0 Å². The average molecular weight is 370 g/mol. The molecule has 1 fully saturated rings. The summed E-state index contributed by atoms with van der Waals surface area (Å²) in [5.74, 6) is -0.183. The third kappa shape index (κ3) is 7.42.